The molecule has 1 fully saturated rings. The molecule has 2 aliphatic heterocycles. The number of benzene rings is 1. The Morgan fingerprint density at radius 1 is 1.32 bits per heavy atom. The van der Waals surface area contributed by atoms with Gasteiger partial charge in [-0.2, -0.15) is 0 Å². The number of rotatable bonds is 6. The highest BCUT2D eigenvalue weighted by Gasteiger charge is 2.30. The van der Waals surface area contributed by atoms with Crippen LogP contribution >= 0.6 is 0 Å². The average Bonchev–Trinajstić information content (AvgIpc) is 3.35. The molecule has 1 saturated heterocycles. The normalized spacial score (nSPS) is 20.1. The minimum Gasteiger partial charge on any atom is -0.378 e. The molecule has 2 aliphatic rings. The van der Waals surface area contributed by atoms with Crippen molar-refractivity contribution in [1.29, 1.82) is 0 Å². The van der Waals surface area contributed by atoms with Gasteiger partial charge in [0, 0.05) is 18.4 Å². The monoisotopic (exact) mass is 403 g/mol. The first-order valence-electron chi connectivity index (χ1n) is 9.20. The number of ether oxygens (including phenoxy) is 1. The van der Waals surface area contributed by atoms with E-state index < -0.39 is 15.9 Å². The fraction of sp³-hybridized carbons (Fsp3) is 0.368. The number of amides is 1. The molecular weight excluding hydrogens is 382 g/mol. The zero-order chi connectivity index (χ0) is 19.7. The molecule has 1 aromatic carbocycles. The first kappa shape index (κ1) is 18.9. The van der Waals surface area contributed by atoms with Crippen molar-refractivity contribution in [3.63, 3.8) is 0 Å². The van der Waals surface area contributed by atoms with Crippen LogP contribution in [-0.2, 0) is 14.8 Å². The zero-order valence-corrected chi connectivity index (χ0v) is 16.0. The second-order valence-electron chi connectivity index (χ2n) is 6.88. The summed E-state index contributed by atoms with van der Waals surface area (Å²) in [6.45, 7) is 1.60. The maximum absolute atomic E-state index is 12.8. The zero-order valence-electron chi connectivity index (χ0n) is 15.2. The molecule has 3 heterocycles. The average molecular weight is 403 g/mol. The first-order valence-corrected chi connectivity index (χ1v) is 10.6. The van der Waals surface area contributed by atoms with E-state index >= 15 is 0 Å². The van der Waals surface area contributed by atoms with Gasteiger partial charge in [0.2, 0.25) is 0 Å². The Bertz CT molecular complexity index is 1020. The van der Waals surface area contributed by atoms with Gasteiger partial charge in [-0.1, -0.05) is 0 Å². The highest BCUT2D eigenvalue weighted by molar-refractivity contribution is 7.90. The first-order chi connectivity index (χ1) is 13.5. The third-order valence-electron chi connectivity index (χ3n) is 4.98. The summed E-state index contributed by atoms with van der Waals surface area (Å²) in [5, 5.41) is 5.69. The molecule has 0 spiro atoms. The van der Waals surface area contributed by atoms with Gasteiger partial charge < -0.3 is 15.4 Å². The predicted molar refractivity (Wildman–Crippen MR) is 102 cm³/mol. The molecule has 28 heavy (non-hydrogen) atoms. The van der Waals surface area contributed by atoms with Crippen molar-refractivity contribution in [2.24, 2.45) is 0 Å². The van der Waals surface area contributed by atoms with Crippen molar-refractivity contribution in [2.45, 2.75) is 30.3 Å². The van der Waals surface area contributed by atoms with Gasteiger partial charge in [0.1, 0.15) is 10.6 Å². The topological polar surface area (TPSA) is 106 Å². The highest BCUT2D eigenvalue weighted by Crippen LogP contribution is 2.29. The fourth-order valence-electron chi connectivity index (χ4n) is 3.51. The van der Waals surface area contributed by atoms with Gasteiger partial charge in [0.05, 0.1) is 18.3 Å². The molecule has 0 radical (unpaired) electrons. The van der Waals surface area contributed by atoms with E-state index in [1.54, 1.807) is 0 Å². The number of nitrogens with zero attached hydrogens (tertiary/aromatic N) is 1. The maximum Gasteiger partial charge on any atom is 0.273 e. The Morgan fingerprint density at radius 2 is 2.18 bits per heavy atom. The molecule has 0 unspecified atom stereocenters. The summed E-state index contributed by atoms with van der Waals surface area (Å²) in [7, 11) is -3.91. The molecule has 1 aromatic heterocycles. The summed E-state index contributed by atoms with van der Waals surface area (Å²) in [6.07, 6.45) is 4.57. The summed E-state index contributed by atoms with van der Waals surface area (Å²) in [5.74, 6) is -0.711. The van der Waals surface area contributed by atoms with Crippen LogP contribution in [0, 0.1) is 0 Å². The third-order valence-corrected chi connectivity index (χ3v) is 6.73. The predicted octanol–water partition coefficient (Wildman–Crippen LogP) is 1.63. The molecule has 1 atom stereocenters. The molecule has 2 aromatic rings. The van der Waals surface area contributed by atoms with E-state index in [2.05, 4.69) is 10.6 Å². The standard InChI is InChI=1S/C19H21N3O5S/c23-17(12-20-8-7-14-3-2-10-27-14)13-5-6-18-15(11-13)21-19(24)16-4-1-9-22(16)28(18,25)26/h1,4-6,9,11,14,20H,2-3,7-8,10,12H2,(H,21,24)/t14-/m1/s1. The van der Waals surface area contributed by atoms with Crippen LogP contribution in [0.3, 0.4) is 0 Å². The van der Waals surface area contributed by atoms with Crippen molar-refractivity contribution >= 4 is 27.4 Å². The minimum absolute atomic E-state index is 0.0277. The van der Waals surface area contributed by atoms with E-state index in [1.807, 2.05) is 0 Å². The summed E-state index contributed by atoms with van der Waals surface area (Å²) in [6, 6.07) is 7.18. The quantitative estimate of drug-likeness (QED) is 0.561. The number of carbonyl (C=O) groups excluding carboxylic acids is 2. The summed E-state index contributed by atoms with van der Waals surface area (Å²) in [4.78, 5) is 24.7. The number of Topliss-reactive ketones (excluding diaryl/α,β-unsaturated/α-hetero) is 1. The van der Waals surface area contributed by atoms with Gasteiger partial charge in [-0.3, -0.25) is 9.59 Å². The van der Waals surface area contributed by atoms with Gasteiger partial charge in [-0.15, -0.1) is 0 Å². The lowest BCUT2D eigenvalue weighted by Crippen LogP contribution is -2.26. The Kier molecular flexibility index (Phi) is 5.05. The molecule has 0 bridgehead atoms. The molecule has 4 rings (SSSR count). The summed E-state index contributed by atoms with van der Waals surface area (Å²) < 4.78 is 32.1. The molecule has 148 valence electrons. The van der Waals surface area contributed by atoms with Gasteiger partial charge in [0.15, 0.2) is 5.78 Å². The Labute approximate surface area is 162 Å². The fourth-order valence-corrected chi connectivity index (χ4v) is 4.98. The number of hydrogen-bond donors (Lipinski definition) is 2. The van der Waals surface area contributed by atoms with Crippen LogP contribution in [0.5, 0.6) is 0 Å². The van der Waals surface area contributed by atoms with E-state index in [4.69, 9.17) is 4.74 Å². The number of hydrogen-bond acceptors (Lipinski definition) is 6. The second kappa shape index (κ2) is 7.50. The highest BCUT2D eigenvalue weighted by atomic mass is 32.2. The number of ketones is 1. The van der Waals surface area contributed by atoms with E-state index in [0.717, 1.165) is 29.8 Å². The van der Waals surface area contributed by atoms with Crippen LogP contribution in [0.25, 0.3) is 0 Å². The number of anilines is 1. The number of fused-ring (bicyclic) bond motifs is 2. The Balaban J connectivity index is 1.48. The SMILES string of the molecule is O=C(CNCC[C@H]1CCCO1)c1ccc2c(c1)NC(=O)c1cccn1S2(=O)=O. The van der Waals surface area contributed by atoms with Crippen LogP contribution in [-0.4, -0.2) is 49.9 Å². The largest absolute Gasteiger partial charge is 0.378 e. The van der Waals surface area contributed by atoms with Gasteiger partial charge in [-0.25, -0.2) is 12.4 Å². The molecule has 0 aliphatic carbocycles. The molecule has 9 heteroatoms. The van der Waals surface area contributed by atoms with Crippen molar-refractivity contribution in [3.05, 3.63) is 47.8 Å². The van der Waals surface area contributed by atoms with Crippen molar-refractivity contribution in [3.8, 4) is 0 Å². The molecule has 0 saturated carbocycles. The summed E-state index contributed by atoms with van der Waals surface area (Å²) >= 11 is 0. The van der Waals surface area contributed by atoms with Gasteiger partial charge in [0.25, 0.3) is 15.9 Å². The smallest absolute Gasteiger partial charge is 0.273 e. The summed E-state index contributed by atoms with van der Waals surface area (Å²) in [5.41, 5.74) is 0.476. The lowest BCUT2D eigenvalue weighted by molar-refractivity contribution is 0.0964. The van der Waals surface area contributed by atoms with Crippen LogP contribution in [0.15, 0.2) is 41.4 Å². The number of aromatic nitrogens is 1. The van der Waals surface area contributed by atoms with Crippen molar-refractivity contribution < 1.29 is 22.7 Å². The Morgan fingerprint density at radius 3 is 2.96 bits per heavy atom. The number of carbonyl (C=O) groups is 2. The van der Waals surface area contributed by atoms with E-state index in [9.17, 15) is 18.0 Å². The number of nitrogens with one attached hydrogen (secondary N) is 2. The Hall–Kier alpha value is -2.49. The van der Waals surface area contributed by atoms with Gasteiger partial charge >= 0.3 is 0 Å². The lowest BCUT2D eigenvalue weighted by Gasteiger charge is -2.11. The van der Waals surface area contributed by atoms with Gasteiger partial charge in [-0.05, 0) is 56.1 Å². The third kappa shape index (κ3) is 3.48. The minimum atomic E-state index is -3.91. The van der Waals surface area contributed by atoms with E-state index in [0.29, 0.717) is 12.1 Å². The van der Waals surface area contributed by atoms with Crippen LogP contribution in [0.4, 0.5) is 5.69 Å². The van der Waals surface area contributed by atoms with Crippen LogP contribution in [0.2, 0.25) is 0 Å². The molecular formula is C19H21N3O5S. The van der Waals surface area contributed by atoms with Crippen LogP contribution in [0.1, 0.15) is 40.1 Å². The second-order valence-corrected chi connectivity index (χ2v) is 8.67. The van der Waals surface area contributed by atoms with Crippen molar-refractivity contribution in [1.82, 2.24) is 9.29 Å². The van der Waals surface area contributed by atoms with Crippen LogP contribution < -0.4 is 10.6 Å². The van der Waals surface area contributed by atoms with E-state index in [1.165, 1.54) is 36.5 Å². The van der Waals surface area contributed by atoms with E-state index in [-0.39, 0.29) is 34.7 Å². The molecule has 1 amide bonds. The lowest BCUT2D eigenvalue weighted by atomic mass is 10.1. The molecule has 8 nitrogen and oxygen atoms in total. The molecule has 2 N–H and O–H groups in total. The maximum atomic E-state index is 12.8. The van der Waals surface area contributed by atoms with Crippen molar-refractivity contribution in [2.75, 3.05) is 25.0 Å².